The number of pyridine rings is 1. The van der Waals surface area contributed by atoms with E-state index in [2.05, 4.69) is 4.98 Å². The van der Waals surface area contributed by atoms with Crippen molar-refractivity contribution in [3.05, 3.63) is 76.4 Å². The zero-order valence-corrected chi connectivity index (χ0v) is 13.1. The molecule has 22 heavy (non-hydrogen) atoms. The molecule has 0 fully saturated rings. The van der Waals surface area contributed by atoms with E-state index >= 15 is 0 Å². The van der Waals surface area contributed by atoms with Crippen LogP contribution in [0.15, 0.2) is 54.6 Å². The van der Waals surface area contributed by atoms with E-state index < -0.39 is 0 Å². The molecule has 0 saturated carbocycles. The lowest BCUT2D eigenvalue weighted by molar-refractivity contribution is 0.0982. The first-order valence-corrected chi connectivity index (χ1v) is 7.65. The number of halogens is 1. The third kappa shape index (κ3) is 3.18. The second kappa shape index (κ2) is 6.29. The molecule has 0 spiro atoms. The first-order chi connectivity index (χ1) is 10.6. The molecule has 0 aliphatic carbocycles. The second-order valence-electron chi connectivity index (χ2n) is 5.40. The Morgan fingerprint density at radius 2 is 1.82 bits per heavy atom. The molecule has 0 aliphatic heterocycles. The lowest BCUT2D eigenvalue weighted by Crippen LogP contribution is -2.02. The van der Waals surface area contributed by atoms with Gasteiger partial charge in [-0.05, 0) is 25.5 Å². The van der Waals surface area contributed by atoms with E-state index in [0.717, 1.165) is 27.7 Å². The second-order valence-corrected chi connectivity index (χ2v) is 5.81. The van der Waals surface area contributed by atoms with Crippen molar-refractivity contribution in [2.45, 2.75) is 19.8 Å². The number of ketones is 1. The van der Waals surface area contributed by atoms with Crippen LogP contribution in [0.2, 0.25) is 5.02 Å². The number of aromatic nitrogens is 1. The van der Waals surface area contributed by atoms with Gasteiger partial charge >= 0.3 is 0 Å². The number of fused-ring (bicyclic) bond motifs is 1. The van der Waals surface area contributed by atoms with Crippen LogP contribution >= 0.6 is 11.6 Å². The van der Waals surface area contributed by atoms with Crippen LogP contribution in [0.3, 0.4) is 0 Å². The Kier molecular flexibility index (Phi) is 4.21. The van der Waals surface area contributed by atoms with Crippen LogP contribution in [-0.4, -0.2) is 10.8 Å². The van der Waals surface area contributed by atoms with E-state index in [1.165, 1.54) is 0 Å². The Hall–Kier alpha value is -2.19. The third-order valence-electron chi connectivity index (χ3n) is 3.70. The largest absolute Gasteiger partial charge is 0.294 e. The third-order valence-corrected chi connectivity index (χ3v) is 4.01. The van der Waals surface area contributed by atoms with Gasteiger partial charge in [0, 0.05) is 23.1 Å². The van der Waals surface area contributed by atoms with Gasteiger partial charge in [0.15, 0.2) is 5.78 Å². The maximum absolute atomic E-state index is 12.2. The summed E-state index contributed by atoms with van der Waals surface area (Å²) < 4.78 is 0. The van der Waals surface area contributed by atoms with Crippen molar-refractivity contribution in [1.82, 2.24) is 4.98 Å². The van der Waals surface area contributed by atoms with Gasteiger partial charge in [-0.3, -0.25) is 9.78 Å². The van der Waals surface area contributed by atoms with Crippen molar-refractivity contribution >= 4 is 28.3 Å². The molecule has 0 amide bonds. The summed E-state index contributed by atoms with van der Waals surface area (Å²) in [6.07, 6.45) is 1.03. The van der Waals surface area contributed by atoms with Crippen molar-refractivity contribution in [3.63, 3.8) is 0 Å². The summed E-state index contributed by atoms with van der Waals surface area (Å²) in [5.74, 6) is 0.131. The van der Waals surface area contributed by atoms with Gasteiger partial charge in [-0.2, -0.15) is 0 Å². The topological polar surface area (TPSA) is 30.0 Å². The number of hydrogen-bond donors (Lipinski definition) is 0. The molecule has 1 heterocycles. The molecule has 3 heteroatoms. The van der Waals surface area contributed by atoms with E-state index in [4.69, 9.17) is 11.6 Å². The van der Waals surface area contributed by atoms with Gasteiger partial charge in [0.25, 0.3) is 0 Å². The lowest BCUT2D eigenvalue weighted by Gasteiger charge is -2.05. The molecule has 3 rings (SSSR count). The van der Waals surface area contributed by atoms with Gasteiger partial charge in [0.05, 0.1) is 10.5 Å². The molecule has 0 atom stereocenters. The molecule has 110 valence electrons. The minimum atomic E-state index is 0.131. The molecule has 1 aromatic heterocycles. The minimum Gasteiger partial charge on any atom is -0.294 e. The number of Topliss-reactive ketones (excluding diaryl/α,β-unsaturated/α-hetero) is 1. The van der Waals surface area contributed by atoms with Crippen LogP contribution in [0.4, 0.5) is 0 Å². The van der Waals surface area contributed by atoms with Gasteiger partial charge in [0.1, 0.15) is 0 Å². The Bertz CT molecular complexity index is 824. The van der Waals surface area contributed by atoms with Crippen LogP contribution in [0.5, 0.6) is 0 Å². The molecule has 0 saturated heterocycles. The van der Waals surface area contributed by atoms with Crippen molar-refractivity contribution in [2.24, 2.45) is 0 Å². The monoisotopic (exact) mass is 309 g/mol. The number of nitrogens with zero attached hydrogens (tertiary/aromatic N) is 1. The summed E-state index contributed by atoms with van der Waals surface area (Å²) in [4.78, 5) is 16.8. The summed E-state index contributed by atoms with van der Waals surface area (Å²) in [5.41, 5.74) is 3.62. The number of carbonyl (C=O) groups excluding carboxylic acids is 1. The van der Waals surface area contributed by atoms with E-state index in [1.54, 1.807) is 0 Å². The first-order valence-electron chi connectivity index (χ1n) is 7.27. The molecule has 0 unspecified atom stereocenters. The summed E-state index contributed by atoms with van der Waals surface area (Å²) >= 11 is 6.29. The van der Waals surface area contributed by atoms with Crippen LogP contribution in [0.1, 0.15) is 28.0 Å². The number of hydrogen-bond acceptors (Lipinski definition) is 2. The predicted molar refractivity (Wildman–Crippen MR) is 90.6 cm³/mol. The fourth-order valence-corrected chi connectivity index (χ4v) is 2.72. The standard InChI is InChI=1S/C19H16ClNO/c1-13-6-8-14(9-7-13)19(22)11-10-15-12-17(20)16-4-2-3-5-18(16)21-15/h2-9,12H,10-11H2,1H3. The van der Waals surface area contributed by atoms with Gasteiger partial charge in [-0.1, -0.05) is 59.6 Å². The summed E-state index contributed by atoms with van der Waals surface area (Å²) in [7, 11) is 0. The first kappa shape index (κ1) is 14.7. The highest BCUT2D eigenvalue weighted by atomic mass is 35.5. The number of carbonyl (C=O) groups is 1. The fourth-order valence-electron chi connectivity index (χ4n) is 2.44. The highest BCUT2D eigenvalue weighted by Crippen LogP contribution is 2.23. The Labute approximate surface area is 134 Å². The maximum Gasteiger partial charge on any atom is 0.163 e. The van der Waals surface area contributed by atoms with E-state index in [1.807, 2.05) is 61.5 Å². The Balaban J connectivity index is 1.76. The van der Waals surface area contributed by atoms with Crippen LogP contribution in [0, 0.1) is 6.92 Å². The molecule has 0 N–H and O–H groups in total. The average molecular weight is 310 g/mol. The van der Waals surface area contributed by atoms with E-state index in [0.29, 0.717) is 17.9 Å². The molecule has 0 bridgehead atoms. The van der Waals surface area contributed by atoms with Crippen LogP contribution < -0.4 is 0 Å². The van der Waals surface area contributed by atoms with Crippen molar-refractivity contribution in [1.29, 1.82) is 0 Å². The molecule has 2 aromatic carbocycles. The Morgan fingerprint density at radius 3 is 2.59 bits per heavy atom. The molecule has 2 nitrogen and oxygen atoms in total. The lowest BCUT2D eigenvalue weighted by atomic mass is 10.0. The SMILES string of the molecule is Cc1ccc(C(=O)CCc2cc(Cl)c3ccccc3n2)cc1. The quantitative estimate of drug-likeness (QED) is 0.634. The molecule has 0 aliphatic rings. The van der Waals surface area contributed by atoms with Gasteiger partial charge in [-0.25, -0.2) is 0 Å². The van der Waals surface area contributed by atoms with E-state index in [9.17, 15) is 4.79 Å². The fraction of sp³-hybridized carbons (Fsp3) is 0.158. The Morgan fingerprint density at radius 1 is 1.09 bits per heavy atom. The number of para-hydroxylation sites is 1. The zero-order chi connectivity index (χ0) is 15.5. The predicted octanol–water partition coefficient (Wildman–Crippen LogP) is 5.01. The molecule has 0 radical (unpaired) electrons. The maximum atomic E-state index is 12.2. The summed E-state index contributed by atoms with van der Waals surface area (Å²) in [6, 6.07) is 17.3. The highest BCUT2D eigenvalue weighted by molar-refractivity contribution is 6.35. The smallest absolute Gasteiger partial charge is 0.163 e. The number of aryl methyl sites for hydroxylation is 2. The average Bonchev–Trinajstić information content (AvgIpc) is 2.53. The van der Waals surface area contributed by atoms with Gasteiger partial charge < -0.3 is 0 Å². The summed E-state index contributed by atoms with van der Waals surface area (Å²) in [5, 5.41) is 1.63. The zero-order valence-electron chi connectivity index (χ0n) is 12.3. The van der Waals surface area contributed by atoms with Gasteiger partial charge in [0.2, 0.25) is 0 Å². The molecular weight excluding hydrogens is 294 g/mol. The molecule has 3 aromatic rings. The highest BCUT2D eigenvalue weighted by Gasteiger charge is 2.08. The minimum absolute atomic E-state index is 0.131. The summed E-state index contributed by atoms with van der Waals surface area (Å²) in [6.45, 7) is 2.01. The number of rotatable bonds is 4. The van der Waals surface area contributed by atoms with Crippen molar-refractivity contribution < 1.29 is 4.79 Å². The van der Waals surface area contributed by atoms with E-state index in [-0.39, 0.29) is 5.78 Å². The number of benzene rings is 2. The normalized spacial score (nSPS) is 10.8. The van der Waals surface area contributed by atoms with Crippen LogP contribution in [-0.2, 0) is 6.42 Å². The van der Waals surface area contributed by atoms with Crippen molar-refractivity contribution in [2.75, 3.05) is 0 Å². The van der Waals surface area contributed by atoms with Crippen LogP contribution in [0.25, 0.3) is 10.9 Å². The molecular formula is C19H16ClNO. The van der Waals surface area contributed by atoms with Gasteiger partial charge in [-0.15, -0.1) is 0 Å². The van der Waals surface area contributed by atoms with Crippen molar-refractivity contribution in [3.8, 4) is 0 Å².